The Morgan fingerprint density at radius 3 is 2.45 bits per heavy atom. The van der Waals surface area contributed by atoms with E-state index in [1.54, 1.807) is 0 Å². The summed E-state index contributed by atoms with van der Waals surface area (Å²) in [4.78, 5) is 11.6. The van der Waals surface area contributed by atoms with Gasteiger partial charge in [-0.15, -0.1) is 0 Å². The van der Waals surface area contributed by atoms with Crippen molar-refractivity contribution in [2.75, 3.05) is 18.0 Å². The van der Waals surface area contributed by atoms with Crippen LogP contribution >= 0.6 is 0 Å². The molecule has 1 aliphatic heterocycles. The third-order valence-electron chi connectivity index (χ3n) is 5.55. The van der Waals surface area contributed by atoms with Gasteiger partial charge in [0.25, 0.3) is 0 Å². The van der Waals surface area contributed by atoms with Crippen molar-refractivity contribution in [2.24, 2.45) is 5.41 Å². The van der Waals surface area contributed by atoms with Gasteiger partial charge in [-0.25, -0.2) is 9.97 Å². The van der Waals surface area contributed by atoms with Crippen LogP contribution in [0, 0.1) is 12.3 Å². The fourth-order valence-corrected chi connectivity index (χ4v) is 3.77. The first-order valence-electron chi connectivity index (χ1n) is 7.95. The third kappa shape index (κ3) is 2.01. The van der Waals surface area contributed by atoms with Gasteiger partial charge in [-0.05, 0) is 50.9 Å². The molecule has 0 bridgehead atoms. The van der Waals surface area contributed by atoms with E-state index in [4.69, 9.17) is 0 Å². The molecule has 108 valence electrons. The van der Waals surface area contributed by atoms with Crippen LogP contribution in [-0.4, -0.2) is 34.3 Å². The number of hydrogen-bond acceptors (Lipinski definition) is 4. The average Bonchev–Trinajstić information content (AvgIpc) is 3.30. The summed E-state index contributed by atoms with van der Waals surface area (Å²) >= 11 is 0. The summed E-state index contributed by atoms with van der Waals surface area (Å²) in [7, 11) is 0. The van der Waals surface area contributed by atoms with Crippen LogP contribution in [0.15, 0.2) is 6.07 Å². The van der Waals surface area contributed by atoms with Crippen molar-refractivity contribution in [2.45, 2.75) is 57.5 Å². The highest BCUT2D eigenvalue weighted by atomic mass is 16.3. The highest BCUT2D eigenvalue weighted by Gasteiger charge is 2.47. The lowest BCUT2D eigenvalue weighted by atomic mass is 9.61. The van der Waals surface area contributed by atoms with Crippen LogP contribution in [0.5, 0.6) is 0 Å². The second-order valence-corrected chi connectivity index (χ2v) is 6.88. The number of nitrogens with zero attached hydrogens (tertiary/aromatic N) is 3. The molecule has 4 heteroatoms. The summed E-state index contributed by atoms with van der Waals surface area (Å²) in [5, 5.41) is 10.0. The summed E-state index contributed by atoms with van der Waals surface area (Å²) in [5.74, 6) is 2.68. The predicted molar refractivity (Wildman–Crippen MR) is 77.9 cm³/mol. The molecule has 1 N–H and O–H groups in total. The maximum absolute atomic E-state index is 10.0. The molecule has 1 spiro atoms. The Labute approximate surface area is 120 Å². The number of aliphatic hydroxyl groups is 1. The van der Waals surface area contributed by atoms with Gasteiger partial charge in [0, 0.05) is 30.8 Å². The molecule has 4 rings (SSSR count). The highest BCUT2D eigenvalue weighted by Crippen LogP contribution is 2.49. The monoisotopic (exact) mass is 273 g/mol. The number of aryl methyl sites for hydroxylation is 1. The van der Waals surface area contributed by atoms with Gasteiger partial charge in [0.2, 0.25) is 0 Å². The zero-order valence-electron chi connectivity index (χ0n) is 12.2. The molecule has 0 radical (unpaired) electrons. The molecule has 3 aliphatic rings. The number of rotatable bonds is 2. The zero-order chi connectivity index (χ0) is 13.7. The first-order valence-corrected chi connectivity index (χ1v) is 7.95. The van der Waals surface area contributed by atoms with Crippen LogP contribution in [0.1, 0.15) is 56.0 Å². The predicted octanol–water partition coefficient (Wildman–Crippen LogP) is 2.40. The van der Waals surface area contributed by atoms with Crippen molar-refractivity contribution in [1.29, 1.82) is 0 Å². The molecule has 1 saturated heterocycles. The largest absolute Gasteiger partial charge is 0.393 e. The molecule has 20 heavy (non-hydrogen) atoms. The number of aromatic nitrogens is 2. The zero-order valence-corrected chi connectivity index (χ0v) is 12.2. The van der Waals surface area contributed by atoms with E-state index >= 15 is 0 Å². The van der Waals surface area contributed by atoms with Crippen LogP contribution in [-0.2, 0) is 0 Å². The molecule has 1 aromatic heterocycles. The first kappa shape index (κ1) is 12.6. The molecule has 2 heterocycles. The van der Waals surface area contributed by atoms with Gasteiger partial charge >= 0.3 is 0 Å². The molecule has 0 amide bonds. The molecule has 0 aromatic carbocycles. The minimum atomic E-state index is -0.0567. The standard InChI is InChI=1S/C16H23N3O/c1-11-17-13(12-2-3-12)10-15(18-11)19-8-6-16(7-9-19)5-4-14(16)20/h10,12,14,20H,2-9H2,1H3. The summed E-state index contributed by atoms with van der Waals surface area (Å²) < 4.78 is 0. The Kier molecular flexibility index (Phi) is 2.78. The van der Waals surface area contributed by atoms with Crippen LogP contribution < -0.4 is 4.90 Å². The Bertz CT molecular complexity index is 518. The van der Waals surface area contributed by atoms with Crippen LogP contribution in [0.2, 0.25) is 0 Å². The van der Waals surface area contributed by atoms with Crippen molar-refractivity contribution >= 4 is 5.82 Å². The molecule has 1 unspecified atom stereocenters. The van der Waals surface area contributed by atoms with E-state index in [0.29, 0.717) is 5.92 Å². The number of hydrogen-bond donors (Lipinski definition) is 1. The lowest BCUT2D eigenvalue weighted by molar-refractivity contribution is -0.0793. The van der Waals surface area contributed by atoms with Crippen molar-refractivity contribution in [1.82, 2.24) is 9.97 Å². The van der Waals surface area contributed by atoms with Crippen molar-refractivity contribution in [3.8, 4) is 0 Å². The van der Waals surface area contributed by atoms with Gasteiger partial charge in [0.05, 0.1) is 6.10 Å². The summed E-state index contributed by atoms with van der Waals surface area (Å²) in [5.41, 5.74) is 1.47. The van der Waals surface area contributed by atoms with E-state index in [1.807, 2.05) is 6.92 Å². The smallest absolute Gasteiger partial charge is 0.132 e. The van der Waals surface area contributed by atoms with Gasteiger partial charge in [-0.3, -0.25) is 0 Å². The topological polar surface area (TPSA) is 49.2 Å². The van der Waals surface area contributed by atoms with Gasteiger partial charge in [0.15, 0.2) is 0 Å². The van der Waals surface area contributed by atoms with Gasteiger partial charge < -0.3 is 10.0 Å². The van der Waals surface area contributed by atoms with Gasteiger partial charge in [-0.1, -0.05) is 0 Å². The van der Waals surface area contributed by atoms with E-state index in [-0.39, 0.29) is 11.5 Å². The van der Waals surface area contributed by atoms with Crippen molar-refractivity contribution in [3.05, 3.63) is 17.6 Å². The van der Waals surface area contributed by atoms with Crippen LogP contribution in [0.4, 0.5) is 5.82 Å². The molecule has 3 fully saturated rings. The summed E-state index contributed by atoms with van der Waals surface area (Å²) in [6.45, 7) is 4.05. The van der Waals surface area contributed by atoms with Crippen molar-refractivity contribution < 1.29 is 5.11 Å². The molecule has 2 saturated carbocycles. The Morgan fingerprint density at radius 2 is 1.90 bits per heavy atom. The van der Waals surface area contributed by atoms with E-state index in [1.165, 1.54) is 25.0 Å². The molecule has 1 atom stereocenters. The number of piperidine rings is 1. The van der Waals surface area contributed by atoms with E-state index in [0.717, 1.165) is 44.0 Å². The normalized spacial score (nSPS) is 28.5. The molecular formula is C16H23N3O. The SMILES string of the molecule is Cc1nc(C2CC2)cc(N2CCC3(CCC3O)CC2)n1. The van der Waals surface area contributed by atoms with Gasteiger partial charge in [-0.2, -0.15) is 0 Å². The number of aliphatic hydroxyl groups excluding tert-OH is 1. The van der Waals surface area contributed by atoms with Crippen LogP contribution in [0.3, 0.4) is 0 Å². The first-order chi connectivity index (χ1) is 9.66. The highest BCUT2D eigenvalue weighted by molar-refractivity contribution is 5.42. The minimum absolute atomic E-state index is 0.0567. The van der Waals surface area contributed by atoms with Gasteiger partial charge in [0.1, 0.15) is 11.6 Å². The lowest BCUT2D eigenvalue weighted by Gasteiger charge is -2.51. The fraction of sp³-hybridized carbons (Fsp3) is 0.750. The Balaban J connectivity index is 1.51. The Morgan fingerprint density at radius 1 is 1.15 bits per heavy atom. The summed E-state index contributed by atoms with van der Waals surface area (Å²) in [6, 6.07) is 2.19. The second kappa shape index (κ2) is 4.42. The molecule has 1 aromatic rings. The maximum atomic E-state index is 10.0. The third-order valence-corrected chi connectivity index (χ3v) is 5.55. The quantitative estimate of drug-likeness (QED) is 0.899. The van der Waals surface area contributed by atoms with E-state index in [9.17, 15) is 5.11 Å². The number of anilines is 1. The maximum Gasteiger partial charge on any atom is 0.132 e. The van der Waals surface area contributed by atoms with E-state index in [2.05, 4.69) is 20.9 Å². The fourth-order valence-electron chi connectivity index (χ4n) is 3.77. The summed E-state index contributed by atoms with van der Waals surface area (Å²) in [6.07, 6.45) is 6.93. The lowest BCUT2D eigenvalue weighted by Crippen LogP contribution is -2.52. The second-order valence-electron chi connectivity index (χ2n) is 6.88. The molecule has 4 nitrogen and oxygen atoms in total. The molecule has 2 aliphatic carbocycles. The molecular weight excluding hydrogens is 250 g/mol. The van der Waals surface area contributed by atoms with Crippen LogP contribution in [0.25, 0.3) is 0 Å². The minimum Gasteiger partial charge on any atom is -0.393 e. The van der Waals surface area contributed by atoms with Crippen molar-refractivity contribution in [3.63, 3.8) is 0 Å². The average molecular weight is 273 g/mol. The Hall–Kier alpha value is -1.16. The van der Waals surface area contributed by atoms with E-state index < -0.39 is 0 Å².